The summed E-state index contributed by atoms with van der Waals surface area (Å²) in [6, 6.07) is 12.8. The molecule has 2 fully saturated rings. The van der Waals surface area contributed by atoms with E-state index >= 15 is 0 Å². The molecule has 0 radical (unpaired) electrons. The molecule has 12 nitrogen and oxygen atoms in total. The Labute approximate surface area is 250 Å². The number of nitrogens with one attached hydrogen (secondary N) is 1. The Hall–Kier alpha value is -4.10. The Kier molecular flexibility index (Phi) is 9.36. The molecule has 1 aromatic carbocycles. The number of aliphatic hydroxyl groups is 1. The van der Waals surface area contributed by atoms with Crippen LogP contribution >= 0.6 is 0 Å². The fraction of sp³-hybridized carbons (Fsp3) is 0.467. The van der Waals surface area contributed by atoms with Gasteiger partial charge in [0.05, 0.1) is 24.6 Å². The minimum Gasteiger partial charge on any atom is -0.633 e. The lowest BCUT2D eigenvalue weighted by molar-refractivity contribution is -0.158. The molecular weight excluding hydrogens is 557 g/mol. The third-order valence-electron chi connectivity index (χ3n) is 7.68. The summed E-state index contributed by atoms with van der Waals surface area (Å²) in [7, 11) is 3.02. The summed E-state index contributed by atoms with van der Waals surface area (Å²) in [5.74, 6) is -4.39. The van der Waals surface area contributed by atoms with Crippen LogP contribution in [0, 0.1) is 5.92 Å². The van der Waals surface area contributed by atoms with Crippen LogP contribution in [0.5, 0.6) is 0 Å². The second-order valence-corrected chi connectivity index (χ2v) is 11.9. The van der Waals surface area contributed by atoms with Gasteiger partial charge in [-0.1, -0.05) is 62.5 Å². The van der Waals surface area contributed by atoms with Crippen molar-refractivity contribution in [2.75, 3.05) is 14.1 Å². The first-order chi connectivity index (χ1) is 20.2. The number of fused-ring (bicyclic) bond motifs is 2. The first-order valence-electron chi connectivity index (χ1n) is 14.3. The van der Waals surface area contributed by atoms with Gasteiger partial charge >= 0.3 is 6.75 Å². The quantitative estimate of drug-likeness (QED) is 0.349. The molecule has 2 unspecified atom stereocenters. The Balaban J connectivity index is 1.57. The molecule has 2 aliphatic rings. The van der Waals surface area contributed by atoms with Gasteiger partial charge < -0.3 is 29.3 Å². The van der Waals surface area contributed by atoms with Crippen LogP contribution in [0.3, 0.4) is 0 Å². The fourth-order valence-corrected chi connectivity index (χ4v) is 5.53. The summed E-state index contributed by atoms with van der Waals surface area (Å²) in [4.78, 5) is 70.9. The molecule has 13 heteroatoms. The summed E-state index contributed by atoms with van der Waals surface area (Å²) in [5.41, 5.74) is -0.453. The van der Waals surface area contributed by atoms with E-state index in [-0.39, 0.29) is 24.5 Å². The van der Waals surface area contributed by atoms with Gasteiger partial charge in [-0.3, -0.25) is 24.0 Å². The maximum absolute atomic E-state index is 13.7. The smallest absolute Gasteiger partial charge is 0.499 e. The van der Waals surface area contributed by atoms with E-state index in [2.05, 4.69) is 10.3 Å². The number of carbonyl (C=O) groups is 5. The Morgan fingerprint density at radius 1 is 1.05 bits per heavy atom. The van der Waals surface area contributed by atoms with Crippen molar-refractivity contribution in [1.82, 2.24) is 15.2 Å². The van der Waals surface area contributed by atoms with Crippen LogP contribution in [0.4, 0.5) is 0 Å². The van der Waals surface area contributed by atoms with Crippen molar-refractivity contribution in [1.29, 1.82) is 0 Å². The molecule has 2 saturated heterocycles. The molecule has 2 N–H and O–H groups in total. The van der Waals surface area contributed by atoms with E-state index < -0.39 is 72.7 Å². The highest BCUT2D eigenvalue weighted by Crippen LogP contribution is 2.48. The van der Waals surface area contributed by atoms with E-state index in [0.29, 0.717) is 5.69 Å². The van der Waals surface area contributed by atoms with Crippen LogP contribution in [0.2, 0.25) is 5.82 Å². The molecule has 2 amide bonds. The SMILES string of the molecule is CC(C)CC(CC(=O)[C@@H](NC(=O)c1cccc(-c2ccccc2)n1)[C@@H](C)O)[B-]12OC(=O)C[C@@](CC(=O)N(C)C)(O1)C(=O)O2. The zero-order valence-electron chi connectivity index (χ0n) is 24.9. The van der Waals surface area contributed by atoms with Crippen molar-refractivity contribution in [3.63, 3.8) is 0 Å². The molecule has 230 valence electrons. The van der Waals surface area contributed by atoms with Gasteiger partial charge in [-0.15, -0.1) is 0 Å². The second-order valence-electron chi connectivity index (χ2n) is 11.9. The van der Waals surface area contributed by atoms with Crippen LogP contribution in [-0.4, -0.2) is 83.1 Å². The number of pyridine rings is 1. The second kappa shape index (κ2) is 12.6. The fourth-order valence-electron chi connectivity index (χ4n) is 5.53. The van der Waals surface area contributed by atoms with E-state index in [4.69, 9.17) is 14.0 Å². The number of aliphatic hydroxyl groups excluding tert-OH is 1. The number of hydrogen-bond donors (Lipinski definition) is 2. The number of nitrogens with zero attached hydrogens (tertiary/aromatic N) is 2. The van der Waals surface area contributed by atoms with Crippen LogP contribution in [0.1, 0.15) is 56.9 Å². The summed E-state index contributed by atoms with van der Waals surface area (Å²) in [6.07, 6.45) is -2.34. The number of rotatable bonds is 12. The summed E-state index contributed by atoms with van der Waals surface area (Å²) in [5, 5.41) is 13.1. The van der Waals surface area contributed by atoms with Crippen molar-refractivity contribution in [3.8, 4) is 11.3 Å². The summed E-state index contributed by atoms with van der Waals surface area (Å²) in [6.45, 7) is 2.00. The number of aromatic nitrogens is 1. The number of amides is 2. The van der Waals surface area contributed by atoms with Gasteiger partial charge in [0, 0.05) is 19.7 Å². The molecular formula is C30H37BN3O9-. The topological polar surface area (TPSA) is 161 Å². The lowest BCUT2D eigenvalue weighted by Crippen LogP contribution is -2.57. The van der Waals surface area contributed by atoms with Crippen LogP contribution in [0.25, 0.3) is 11.3 Å². The lowest BCUT2D eigenvalue weighted by atomic mass is 9.57. The molecule has 2 aliphatic heterocycles. The molecule has 0 saturated carbocycles. The van der Waals surface area contributed by atoms with Crippen molar-refractivity contribution >= 4 is 36.3 Å². The molecule has 2 bridgehead atoms. The number of carbonyl (C=O) groups excluding carboxylic acids is 5. The number of benzene rings is 1. The average molecular weight is 594 g/mol. The van der Waals surface area contributed by atoms with Crippen molar-refractivity contribution in [3.05, 3.63) is 54.2 Å². The Bertz CT molecular complexity index is 1400. The predicted molar refractivity (Wildman–Crippen MR) is 155 cm³/mol. The van der Waals surface area contributed by atoms with Crippen molar-refractivity contribution in [2.24, 2.45) is 5.92 Å². The summed E-state index contributed by atoms with van der Waals surface area (Å²) < 4.78 is 17.2. The molecule has 2 aromatic rings. The minimum atomic E-state index is -3.11. The predicted octanol–water partition coefficient (Wildman–Crippen LogP) is 2.28. The van der Waals surface area contributed by atoms with Gasteiger partial charge in [-0.2, -0.15) is 0 Å². The minimum absolute atomic E-state index is 0.0472. The highest BCUT2D eigenvalue weighted by molar-refractivity contribution is 6.68. The van der Waals surface area contributed by atoms with Crippen molar-refractivity contribution in [2.45, 2.75) is 70.0 Å². The van der Waals surface area contributed by atoms with Crippen LogP contribution in [-0.2, 0) is 33.1 Å². The molecule has 0 spiro atoms. The van der Waals surface area contributed by atoms with Crippen molar-refractivity contribution < 1.29 is 43.0 Å². The number of ketones is 1. The molecule has 5 atom stereocenters. The lowest BCUT2D eigenvalue weighted by Gasteiger charge is -2.46. The largest absolute Gasteiger partial charge is 0.633 e. The highest BCUT2D eigenvalue weighted by atomic mass is 16.8. The van der Waals surface area contributed by atoms with E-state index in [1.165, 1.54) is 32.0 Å². The molecule has 0 aliphatic carbocycles. The van der Waals surface area contributed by atoms with Crippen LogP contribution < -0.4 is 5.32 Å². The summed E-state index contributed by atoms with van der Waals surface area (Å²) >= 11 is 0. The first kappa shape index (κ1) is 31.8. The van der Waals surface area contributed by atoms with Gasteiger partial charge in [0.25, 0.3) is 17.8 Å². The maximum atomic E-state index is 13.7. The third kappa shape index (κ3) is 6.94. The van der Waals surface area contributed by atoms with E-state index in [1.807, 2.05) is 44.2 Å². The van der Waals surface area contributed by atoms with Gasteiger partial charge in [-0.05, 0) is 31.4 Å². The Morgan fingerprint density at radius 3 is 2.37 bits per heavy atom. The van der Waals surface area contributed by atoms with Gasteiger partial charge in [0.15, 0.2) is 5.78 Å². The Morgan fingerprint density at radius 2 is 1.74 bits per heavy atom. The maximum Gasteiger partial charge on any atom is 0.499 e. The zero-order valence-corrected chi connectivity index (χ0v) is 24.9. The zero-order chi connectivity index (χ0) is 31.5. The van der Waals surface area contributed by atoms with Crippen LogP contribution in [0.15, 0.2) is 48.5 Å². The highest BCUT2D eigenvalue weighted by Gasteiger charge is 2.64. The third-order valence-corrected chi connectivity index (χ3v) is 7.68. The van der Waals surface area contributed by atoms with Gasteiger partial charge in [0.1, 0.15) is 17.3 Å². The number of hydrogen-bond acceptors (Lipinski definition) is 10. The molecule has 43 heavy (non-hydrogen) atoms. The number of Topliss-reactive ketones (excluding diaryl/α,β-unsaturated/α-hetero) is 1. The molecule has 4 rings (SSSR count). The van der Waals surface area contributed by atoms with E-state index in [0.717, 1.165) is 5.56 Å². The van der Waals surface area contributed by atoms with E-state index in [9.17, 15) is 29.1 Å². The monoisotopic (exact) mass is 594 g/mol. The average Bonchev–Trinajstić information content (AvgIpc) is 3.15. The normalized spacial score (nSPS) is 23.1. The molecule has 3 heterocycles. The van der Waals surface area contributed by atoms with Gasteiger partial charge in [-0.25, -0.2) is 4.98 Å². The standard InChI is InChI=1S/C30H37BN3O9/c1-18(2)14-21(31-41-26(38)17-30(43-31,29(40)42-31)16-25(37)34(4)5)15-24(36)27(19(3)35)33-28(39)23-13-9-12-22(32-23)20-10-7-6-8-11-20/h6-13,18-19,21,27,35H,14-17H2,1-5H3,(H,33,39)/q-1/t19-,21?,27+,30-,31?/m1/s1. The molecule has 1 aromatic heterocycles. The first-order valence-corrected chi connectivity index (χ1v) is 14.3. The van der Waals surface area contributed by atoms with E-state index in [1.54, 1.807) is 12.1 Å². The van der Waals surface area contributed by atoms with Gasteiger partial charge in [0.2, 0.25) is 5.91 Å².